The summed E-state index contributed by atoms with van der Waals surface area (Å²) in [6.45, 7) is 12.6. The predicted octanol–water partition coefficient (Wildman–Crippen LogP) is 5.11. The van der Waals surface area contributed by atoms with Crippen LogP contribution in [0.1, 0.15) is 53.4 Å². The maximum atomic E-state index is 5.67. The molecule has 0 N–H and O–H groups in total. The second-order valence-electron chi connectivity index (χ2n) is 5.60. The third-order valence-corrected chi connectivity index (χ3v) is 19.4. The fourth-order valence-corrected chi connectivity index (χ4v) is 16.6. The first-order valence-corrected chi connectivity index (χ1v) is 16.5. The molecule has 0 unspecified atom stereocenters. The van der Waals surface area contributed by atoms with Gasteiger partial charge in [-0.1, -0.05) is 0 Å². The molecule has 0 saturated carbocycles. The summed E-state index contributed by atoms with van der Waals surface area (Å²) in [5.74, 6) is 0. The van der Waals surface area contributed by atoms with Crippen LogP contribution >= 0.6 is 0 Å². The first-order valence-electron chi connectivity index (χ1n) is 8.40. The molecule has 0 aromatic heterocycles. The van der Waals surface area contributed by atoms with E-state index in [1.54, 1.807) is 8.87 Å². The van der Waals surface area contributed by atoms with Crippen molar-refractivity contribution in [3.63, 3.8) is 0 Å². The molecule has 0 saturated heterocycles. The zero-order chi connectivity index (χ0) is 14.4. The molecule has 0 aromatic rings. The number of hydrogen-bond donors (Lipinski definition) is 0. The van der Waals surface area contributed by atoms with E-state index < -0.39 is 18.4 Å². The van der Waals surface area contributed by atoms with E-state index in [0.29, 0.717) is 0 Å². The Morgan fingerprint density at radius 3 is 1.37 bits per heavy atom. The van der Waals surface area contributed by atoms with Crippen LogP contribution in [0.3, 0.4) is 0 Å². The van der Waals surface area contributed by atoms with Gasteiger partial charge in [-0.25, -0.2) is 0 Å². The van der Waals surface area contributed by atoms with Crippen LogP contribution in [0.15, 0.2) is 0 Å². The molecule has 0 aromatic carbocycles. The minimum absolute atomic E-state index is 0.870. The van der Waals surface area contributed by atoms with Crippen molar-refractivity contribution in [3.05, 3.63) is 0 Å². The van der Waals surface area contributed by atoms with Crippen molar-refractivity contribution in [3.8, 4) is 0 Å². The fourth-order valence-electron chi connectivity index (χ4n) is 2.72. The second-order valence-corrected chi connectivity index (χ2v) is 19.9. The molecule has 0 fully saturated rings. The van der Waals surface area contributed by atoms with Crippen molar-refractivity contribution < 1.29 is 9.47 Å². The molecule has 0 aliphatic rings. The van der Waals surface area contributed by atoms with Gasteiger partial charge in [-0.3, -0.25) is 0 Å². The van der Waals surface area contributed by atoms with Gasteiger partial charge < -0.3 is 0 Å². The van der Waals surface area contributed by atoms with Gasteiger partial charge in [-0.15, -0.1) is 0 Å². The molecule has 19 heavy (non-hydrogen) atoms. The molecule has 0 rings (SSSR count). The zero-order valence-electron chi connectivity index (χ0n) is 13.8. The van der Waals surface area contributed by atoms with Crippen molar-refractivity contribution >= 4 is 18.4 Å². The van der Waals surface area contributed by atoms with Gasteiger partial charge in [0.2, 0.25) is 0 Å². The Kier molecular flexibility index (Phi) is 14.2. The zero-order valence-corrected chi connectivity index (χ0v) is 16.7. The summed E-state index contributed by atoms with van der Waals surface area (Å²) < 4.78 is 17.3. The monoisotopic (exact) mass is 380 g/mol. The molecule has 116 valence electrons. The number of ether oxygens (including phenoxy) is 2. The predicted molar refractivity (Wildman–Crippen MR) is 87.8 cm³/mol. The Morgan fingerprint density at radius 1 is 0.632 bits per heavy atom. The Balaban J connectivity index is 4.44. The van der Waals surface area contributed by atoms with Crippen molar-refractivity contribution in [1.82, 2.24) is 0 Å². The number of hydrogen-bond acceptors (Lipinski definition) is 2. The second kappa shape index (κ2) is 13.7. The summed E-state index contributed by atoms with van der Waals surface area (Å²) in [5.41, 5.74) is 0. The van der Waals surface area contributed by atoms with Gasteiger partial charge in [0.15, 0.2) is 0 Å². The molecule has 0 bridgehead atoms. The van der Waals surface area contributed by atoms with E-state index in [4.69, 9.17) is 9.47 Å². The molecule has 0 atom stereocenters. The van der Waals surface area contributed by atoms with Crippen LogP contribution < -0.4 is 0 Å². The number of rotatable bonds is 14. The van der Waals surface area contributed by atoms with Crippen LogP contribution in [0.4, 0.5) is 0 Å². The van der Waals surface area contributed by atoms with Crippen molar-refractivity contribution in [2.45, 2.75) is 71.1 Å². The van der Waals surface area contributed by atoms with Crippen LogP contribution in [0.25, 0.3) is 0 Å². The van der Waals surface area contributed by atoms with Gasteiger partial charge in [0.25, 0.3) is 0 Å². The van der Waals surface area contributed by atoms with Crippen LogP contribution in [-0.2, 0) is 9.47 Å². The quantitative estimate of drug-likeness (QED) is 0.309. The normalized spacial score (nSPS) is 12.0. The third kappa shape index (κ3) is 10.1. The molecule has 0 aliphatic heterocycles. The van der Waals surface area contributed by atoms with Gasteiger partial charge in [-0.05, 0) is 0 Å². The Bertz CT molecular complexity index is 166. The van der Waals surface area contributed by atoms with E-state index in [-0.39, 0.29) is 0 Å². The average Bonchev–Trinajstić information content (AvgIpc) is 2.43. The van der Waals surface area contributed by atoms with Crippen molar-refractivity contribution in [2.75, 3.05) is 26.4 Å². The first kappa shape index (κ1) is 19.7. The molecule has 0 heterocycles. The Hall–Kier alpha value is 0.719. The van der Waals surface area contributed by atoms with Crippen molar-refractivity contribution in [2.24, 2.45) is 0 Å². The molecule has 3 heteroatoms. The van der Waals surface area contributed by atoms with E-state index in [2.05, 4.69) is 27.7 Å². The van der Waals surface area contributed by atoms with Crippen LogP contribution in [-0.4, -0.2) is 44.8 Å². The van der Waals surface area contributed by atoms with E-state index in [1.165, 1.54) is 34.6 Å². The summed E-state index contributed by atoms with van der Waals surface area (Å²) in [5, 5.41) is 0. The molecule has 0 amide bonds. The summed E-state index contributed by atoms with van der Waals surface area (Å²) in [7, 11) is 0. The van der Waals surface area contributed by atoms with Crippen LogP contribution in [0.2, 0.25) is 17.7 Å². The topological polar surface area (TPSA) is 18.5 Å². The van der Waals surface area contributed by atoms with Gasteiger partial charge in [0.1, 0.15) is 0 Å². The molecule has 0 radical (unpaired) electrons. The van der Waals surface area contributed by atoms with E-state index in [1.807, 2.05) is 0 Å². The maximum absolute atomic E-state index is 5.67. The molecule has 2 nitrogen and oxygen atoms in total. The minimum atomic E-state index is -1.99. The van der Waals surface area contributed by atoms with E-state index >= 15 is 0 Å². The first-order chi connectivity index (χ1) is 9.24. The standard InChI is InChI=1S/2C4H9O.2C4H9.Sn/c2*1-3-5-4-2;2*1-3-4-2;/h2*1,3-4H2,2H3;2*1,3-4H2,2H3;. The van der Waals surface area contributed by atoms with E-state index in [9.17, 15) is 0 Å². The molecule has 0 aliphatic carbocycles. The van der Waals surface area contributed by atoms with Crippen LogP contribution in [0, 0.1) is 0 Å². The summed E-state index contributed by atoms with van der Waals surface area (Å²) >= 11 is -1.99. The summed E-state index contributed by atoms with van der Waals surface area (Å²) in [6, 6.07) is 0. The SMILES string of the molecule is CCC[CH2][Sn]([CH2]CCC)([CH2]COCC)[CH2]COCC. The van der Waals surface area contributed by atoms with Gasteiger partial charge in [0, 0.05) is 0 Å². The van der Waals surface area contributed by atoms with Gasteiger partial charge in [0.05, 0.1) is 0 Å². The molecule has 0 spiro atoms. The fraction of sp³-hybridized carbons (Fsp3) is 1.00. The van der Waals surface area contributed by atoms with E-state index in [0.717, 1.165) is 26.4 Å². The molecular weight excluding hydrogens is 343 g/mol. The van der Waals surface area contributed by atoms with Gasteiger partial charge >= 0.3 is 125 Å². The average molecular weight is 379 g/mol. The van der Waals surface area contributed by atoms with Gasteiger partial charge in [-0.2, -0.15) is 0 Å². The Morgan fingerprint density at radius 2 is 1.05 bits per heavy atom. The molecular formula is C16H36O2Sn. The Labute approximate surface area is 125 Å². The van der Waals surface area contributed by atoms with Crippen LogP contribution in [0.5, 0.6) is 0 Å². The summed E-state index contributed by atoms with van der Waals surface area (Å²) in [4.78, 5) is 0. The van der Waals surface area contributed by atoms with Crippen molar-refractivity contribution in [1.29, 1.82) is 0 Å². The third-order valence-electron chi connectivity index (χ3n) is 4.08. The number of unbranched alkanes of at least 4 members (excludes halogenated alkanes) is 2. The summed E-state index contributed by atoms with van der Waals surface area (Å²) in [6.07, 6.45) is 5.54.